The lowest BCUT2D eigenvalue weighted by atomic mass is 10.7. The zero-order valence-electron chi connectivity index (χ0n) is 6.01. The van der Waals surface area contributed by atoms with Crippen molar-refractivity contribution in [1.82, 2.24) is 0 Å². The van der Waals surface area contributed by atoms with Crippen LogP contribution in [0.4, 0.5) is 0 Å². The second-order valence-electron chi connectivity index (χ2n) is 1.30. The van der Waals surface area contributed by atoms with Crippen LogP contribution in [0.5, 0.6) is 0 Å². The van der Waals surface area contributed by atoms with Crippen molar-refractivity contribution < 1.29 is 14.5 Å². The fraction of sp³-hybridized carbons (Fsp3) is 0.667. The average molecular weight is 132 g/mol. The molecule has 0 aromatic carbocycles. The number of allylic oxidation sites excluding steroid dienone is 1. The third kappa shape index (κ3) is 3.85. The molecule has 0 rings (SSSR count). The fourth-order valence-electron chi connectivity index (χ4n) is 0.317. The van der Waals surface area contributed by atoms with Gasteiger partial charge in [0.2, 0.25) is 0 Å². The molecule has 0 aromatic heterocycles. The lowest BCUT2D eigenvalue weighted by Gasteiger charge is -2.03. The molecule has 0 fully saturated rings. The summed E-state index contributed by atoms with van der Waals surface area (Å²) in [5.41, 5.74) is 0. The van der Waals surface area contributed by atoms with Crippen molar-refractivity contribution in [3.05, 3.63) is 12.0 Å². The van der Waals surface area contributed by atoms with E-state index >= 15 is 0 Å². The van der Waals surface area contributed by atoms with E-state index in [0.29, 0.717) is 12.6 Å². The summed E-state index contributed by atoms with van der Waals surface area (Å²) in [4.78, 5) is 9.21. The minimum absolute atomic E-state index is 0.386. The molecule has 0 radical (unpaired) electrons. The Morgan fingerprint density at radius 1 is 1.56 bits per heavy atom. The van der Waals surface area contributed by atoms with Crippen molar-refractivity contribution >= 4 is 0 Å². The van der Waals surface area contributed by atoms with Crippen molar-refractivity contribution in [1.29, 1.82) is 0 Å². The Morgan fingerprint density at radius 3 is 2.56 bits per heavy atom. The molecule has 3 heteroatoms. The van der Waals surface area contributed by atoms with Crippen LogP contribution < -0.4 is 0 Å². The van der Waals surface area contributed by atoms with Crippen LogP contribution in [-0.2, 0) is 14.5 Å². The summed E-state index contributed by atoms with van der Waals surface area (Å²) in [5.74, 6) is 0.386. The largest absolute Gasteiger partial charge is 0.467 e. The molecule has 0 aromatic rings. The number of hydrogen-bond acceptors (Lipinski definition) is 3. The second kappa shape index (κ2) is 5.44. The Hall–Kier alpha value is -0.700. The molecule has 0 saturated heterocycles. The lowest BCUT2D eigenvalue weighted by Crippen LogP contribution is -1.95. The van der Waals surface area contributed by atoms with Crippen molar-refractivity contribution in [2.45, 2.75) is 13.8 Å². The van der Waals surface area contributed by atoms with Crippen LogP contribution >= 0.6 is 0 Å². The van der Waals surface area contributed by atoms with E-state index in [4.69, 9.17) is 4.74 Å². The van der Waals surface area contributed by atoms with Gasteiger partial charge < -0.3 is 4.74 Å². The van der Waals surface area contributed by atoms with Gasteiger partial charge in [0, 0.05) is 0 Å². The molecule has 0 heterocycles. The van der Waals surface area contributed by atoms with Gasteiger partial charge in [-0.2, -0.15) is 4.89 Å². The molecule has 0 unspecified atom stereocenters. The van der Waals surface area contributed by atoms with Gasteiger partial charge in [-0.25, -0.2) is 0 Å². The molecule has 0 spiro atoms. The summed E-state index contributed by atoms with van der Waals surface area (Å²) < 4.78 is 4.72. The zero-order valence-corrected chi connectivity index (χ0v) is 6.01. The Bertz CT molecular complexity index is 88.3. The summed E-state index contributed by atoms with van der Waals surface area (Å²) in [6.07, 6.45) is 1.68. The third-order valence-electron chi connectivity index (χ3n) is 0.696. The lowest BCUT2D eigenvalue weighted by molar-refractivity contribution is -0.286. The fourth-order valence-corrected chi connectivity index (χ4v) is 0.317. The maximum Gasteiger partial charge on any atom is 0.312 e. The van der Waals surface area contributed by atoms with Gasteiger partial charge in [0.05, 0.1) is 13.7 Å². The third-order valence-corrected chi connectivity index (χ3v) is 0.696. The Kier molecular flexibility index (Phi) is 5.01. The number of ether oxygens (including phenoxy) is 1. The number of methoxy groups -OCH3 is 1. The molecule has 54 valence electrons. The van der Waals surface area contributed by atoms with Gasteiger partial charge in [0.1, 0.15) is 0 Å². The van der Waals surface area contributed by atoms with E-state index in [-0.39, 0.29) is 0 Å². The van der Waals surface area contributed by atoms with Crippen molar-refractivity contribution in [3.8, 4) is 0 Å². The Balaban J connectivity index is 3.33. The van der Waals surface area contributed by atoms with Crippen LogP contribution in [0.25, 0.3) is 0 Å². The Morgan fingerprint density at radius 2 is 2.22 bits per heavy atom. The molecule has 0 aliphatic carbocycles. The van der Waals surface area contributed by atoms with Gasteiger partial charge in [-0.3, -0.25) is 4.89 Å². The molecule has 3 nitrogen and oxygen atoms in total. The maximum absolute atomic E-state index is 4.72. The zero-order chi connectivity index (χ0) is 7.11. The van der Waals surface area contributed by atoms with E-state index < -0.39 is 0 Å². The molecule has 0 bridgehead atoms. The Labute approximate surface area is 55.1 Å². The van der Waals surface area contributed by atoms with Crippen LogP contribution in [0.1, 0.15) is 13.8 Å². The molecule has 9 heavy (non-hydrogen) atoms. The second-order valence-corrected chi connectivity index (χ2v) is 1.30. The van der Waals surface area contributed by atoms with E-state index in [0.717, 1.165) is 0 Å². The highest BCUT2D eigenvalue weighted by Gasteiger charge is 1.91. The molecular weight excluding hydrogens is 120 g/mol. The quantitative estimate of drug-likeness (QED) is 0.329. The molecule has 0 saturated carbocycles. The van der Waals surface area contributed by atoms with Gasteiger partial charge in [-0.1, -0.05) is 0 Å². The van der Waals surface area contributed by atoms with E-state index in [2.05, 4.69) is 9.78 Å². The average Bonchev–Trinajstić information content (AvgIpc) is 1.91. The summed E-state index contributed by atoms with van der Waals surface area (Å²) in [7, 11) is 1.52. The number of hydrogen-bond donors (Lipinski definition) is 0. The first kappa shape index (κ1) is 8.30. The van der Waals surface area contributed by atoms with Crippen LogP contribution in [0, 0.1) is 0 Å². The molecule has 0 aliphatic rings. The SMILES string of the molecule is C/C=C(\OC)OOCC. The van der Waals surface area contributed by atoms with Gasteiger partial charge >= 0.3 is 5.95 Å². The van der Waals surface area contributed by atoms with E-state index in [1.54, 1.807) is 13.0 Å². The summed E-state index contributed by atoms with van der Waals surface area (Å²) in [6, 6.07) is 0. The highest BCUT2D eigenvalue weighted by Crippen LogP contribution is 1.96. The van der Waals surface area contributed by atoms with E-state index in [1.165, 1.54) is 7.11 Å². The smallest absolute Gasteiger partial charge is 0.312 e. The monoisotopic (exact) mass is 132 g/mol. The highest BCUT2D eigenvalue weighted by atomic mass is 17.2. The highest BCUT2D eigenvalue weighted by molar-refractivity contribution is 4.76. The predicted molar refractivity (Wildman–Crippen MR) is 33.5 cm³/mol. The topological polar surface area (TPSA) is 27.7 Å². The molecule has 0 aliphatic heterocycles. The molecule has 0 atom stereocenters. The first-order chi connectivity index (χ1) is 4.35. The van der Waals surface area contributed by atoms with Gasteiger partial charge in [-0.15, -0.1) is 0 Å². The van der Waals surface area contributed by atoms with E-state index in [1.807, 2.05) is 6.92 Å². The van der Waals surface area contributed by atoms with Crippen molar-refractivity contribution in [3.63, 3.8) is 0 Å². The van der Waals surface area contributed by atoms with Crippen molar-refractivity contribution in [2.75, 3.05) is 13.7 Å². The number of rotatable bonds is 4. The van der Waals surface area contributed by atoms with Crippen molar-refractivity contribution in [2.24, 2.45) is 0 Å². The van der Waals surface area contributed by atoms with Crippen LogP contribution in [-0.4, -0.2) is 13.7 Å². The van der Waals surface area contributed by atoms with Crippen LogP contribution in [0.2, 0.25) is 0 Å². The maximum atomic E-state index is 4.72. The minimum atomic E-state index is 0.386. The molecule has 0 amide bonds. The van der Waals surface area contributed by atoms with Crippen LogP contribution in [0.3, 0.4) is 0 Å². The summed E-state index contributed by atoms with van der Waals surface area (Å²) >= 11 is 0. The first-order valence-corrected chi connectivity index (χ1v) is 2.84. The normalized spacial score (nSPS) is 11.2. The summed E-state index contributed by atoms with van der Waals surface area (Å²) in [6.45, 7) is 4.15. The van der Waals surface area contributed by atoms with E-state index in [9.17, 15) is 0 Å². The van der Waals surface area contributed by atoms with Gasteiger partial charge in [0.15, 0.2) is 0 Å². The molecular formula is C6H12O3. The standard InChI is InChI=1S/C6H12O3/c1-4-6(7-3)9-8-5-2/h4H,5H2,1-3H3/b6-4+. The van der Waals surface area contributed by atoms with Gasteiger partial charge in [0.25, 0.3) is 0 Å². The molecule has 0 N–H and O–H groups in total. The summed E-state index contributed by atoms with van der Waals surface area (Å²) in [5, 5.41) is 0. The van der Waals surface area contributed by atoms with Gasteiger partial charge in [-0.05, 0) is 19.9 Å². The minimum Gasteiger partial charge on any atom is -0.467 e. The predicted octanol–water partition coefficient (Wildman–Crippen LogP) is 1.46. The van der Waals surface area contributed by atoms with Crippen LogP contribution in [0.15, 0.2) is 12.0 Å². The first-order valence-electron chi connectivity index (χ1n) is 2.84.